The number of fused-ring (bicyclic) bond motifs is 1. The molecule has 0 radical (unpaired) electrons. The molecule has 0 aromatic heterocycles. The Balaban J connectivity index is 2.07. The largest absolute Gasteiger partial charge is 0.481 e. The van der Waals surface area contributed by atoms with Crippen molar-refractivity contribution in [1.29, 1.82) is 0 Å². The third-order valence-corrected chi connectivity index (χ3v) is 3.71. The van der Waals surface area contributed by atoms with Gasteiger partial charge in [-0.15, -0.1) is 0 Å². The molecule has 3 heteroatoms. The Kier molecular flexibility index (Phi) is 3.63. The van der Waals surface area contributed by atoms with Gasteiger partial charge in [-0.05, 0) is 59.0 Å². The van der Waals surface area contributed by atoms with E-state index in [1.54, 1.807) is 6.07 Å². The SMILES string of the molecule is Cc1ccc(/C=C2\C=C(CC(=O)O)c3cc(F)ccc32)cc1. The second-order valence-electron chi connectivity index (χ2n) is 5.44. The second-order valence-corrected chi connectivity index (χ2v) is 5.44. The lowest BCUT2D eigenvalue weighted by molar-refractivity contribution is -0.135. The van der Waals surface area contributed by atoms with E-state index in [4.69, 9.17) is 5.11 Å². The van der Waals surface area contributed by atoms with Crippen molar-refractivity contribution in [3.05, 3.63) is 76.6 Å². The summed E-state index contributed by atoms with van der Waals surface area (Å²) in [5, 5.41) is 9.02. The molecule has 2 aromatic carbocycles. The number of carboxylic acid groups (broad SMARTS) is 1. The predicted octanol–water partition coefficient (Wildman–Crippen LogP) is 4.55. The first-order valence-electron chi connectivity index (χ1n) is 7.04. The van der Waals surface area contributed by atoms with E-state index >= 15 is 0 Å². The summed E-state index contributed by atoms with van der Waals surface area (Å²) in [5.74, 6) is -1.27. The Hall–Kier alpha value is -2.68. The third-order valence-electron chi connectivity index (χ3n) is 3.71. The number of hydrogen-bond donors (Lipinski definition) is 1. The lowest BCUT2D eigenvalue weighted by Gasteiger charge is -2.04. The van der Waals surface area contributed by atoms with E-state index < -0.39 is 5.97 Å². The van der Waals surface area contributed by atoms with Gasteiger partial charge in [-0.1, -0.05) is 35.9 Å². The van der Waals surface area contributed by atoms with Gasteiger partial charge in [0.1, 0.15) is 5.82 Å². The topological polar surface area (TPSA) is 37.3 Å². The number of benzene rings is 2. The van der Waals surface area contributed by atoms with Crippen LogP contribution in [-0.2, 0) is 4.79 Å². The van der Waals surface area contributed by atoms with Crippen molar-refractivity contribution in [3.8, 4) is 0 Å². The highest BCUT2D eigenvalue weighted by atomic mass is 19.1. The summed E-state index contributed by atoms with van der Waals surface area (Å²) < 4.78 is 13.5. The number of aliphatic carboxylic acids is 1. The van der Waals surface area contributed by atoms with E-state index in [1.165, 1.54) is 17.7 Å². The van der Waals surface area contributed by atoms with Crippen LogP contribution in [-0.4, -0.2) is 11.1 Å². The van der Waals surface area contributed by atoms with Crippen LogP contribution >= 0.6 is 0 Å². The van der Waals surface area contributed by atoms with Gasteiger partial charge in [0.05, 0.1) is 6.42 Å². The van der Waals surface area contributed by atoms with Crippen LogP contribution in [0.2, 0.25) is 0 Å². The van der Waals surface area contributed by atoms with Gasteiger partial charge in [0, 0.05) is 0 Å². The molecule has 3 rings (SSSR count). The van der Waals surface area contributed by atoms with Crippen molar-refractivity contribution >= 4 is 23.2 Å². The van der Waals surface area contributed by atoms with Crippen LogP contribution in [0.3, 0.4) is 0 Å². The number of aryl methyl sites for hydroxylation is 1. The van der Waals surface area contributed by atoms with Gasteiger partial charge in [0.2, 0.25) is 0 Å². The summed E-state index contributed by atoms with van der Waals surface area (Å²) in [6.45, 7) is 2.02. The first-order chi connectivity index (χ1) is 10.5. The van der Waals surface area contributed by atoms with Gasteiger partial charge in [0.15, 0.2) is 0 Å². The van der Waals surface area contributed by atoms with E-state index in [2.05, 4.69) is 0 Å². The first kappa shape index (κ1) is 14.3. The zero-order chi connectivity index (χ0) is 15.7. The fourth-order valence-electron chi connectivity index (χ4n) is 2.65. The van der Waals surface area contributed by atoms with Crippen LogP contribution in [0.4, 0.5) is 4.39 Å². The summed E-state index contributed by atoms with van der Waals surface area (Å²) in [4.78, 5) is 11.0. The molecule has 1 aliphatic rings. The molecule has 22 heavy (non-hydrogen) atoms. The zero-order valence-corrected chi connectivity index (χ0v) is 12.1. The molecular weight excluding hydrogens is 279 g/mol. The van der Waals surface area contributed by atoms with E-state index in [0.717, 1.165) is 16.7 Å². The molecule has 0 aliphatic heterocycles. The van der Waals surface area contributed by atoms with Crippen LogP contribution in [0, 0.1) is 12.7 Å². The predicted molar refractivity (Wildman–Crippen MR) is 85.7 cm³/mol. The minimum atomic E-state index is -0.918. The Morgan fingerprint density at radius 3 is 2.55 bits per heavy atom. The fourth-order valence-corrected chi connectivity index (χ4v) is 2.65. The zero-order valence-electron chi connectivity index (χ0n) is 12.1. The average Bonchev–Trinajstić information content (AvgIpc) is 2.78. The maximum absolute atomic E-state index is 13.5. The Bertz CT molecular complexity index is 799. The molecule has 0 heterocycles. The Labute approximate surface area is 128 Å². The average molecular weight is 294 g/mol. The van der Waals surface area contributed by atoms with E-state index in [0.29, 0.717) is 11.1 Å². The Morgan fingerprint density at radius 2 is 1.86 bits per heavy atom. The Morgan fingerprint density at radius 1 is 1.14 bits per heavy atom. The lowest BCUT2D eigenvalue weighted by Crippen LogP contribution is -1.96. The summed E-state index contributed by atoms with van der Waals surface area (Å²) in [6.07, 6.45) is 3.71. The molecule has 0 amide bonds. The molecule has 0 atom stereocenters. The standard InChI is InChI=1S/C19H15FO2/c1-12-2-4-13(5-3-12)8-14-9-15(10-19(21)22)18-11-16(20)6-7-17(14)18/h2-9,11H,10H2,1H3,(H,21,22)/b14-8+. The molecule has 0 unspecified atom stereocenters. The van der Waals surface area contributed by atoms with Crippen molar-refractivity contribution in [3.63, 3.8) is 0 Å². The van der Waals surface area contributed by atoms with Gasteiger partial charge in [-0.25, -0.2) is 4.39 Å². The molecule has 0 saturated heterocycles. The number of allylic oxidation sites excluding steroid dienone is 2. The highest BCUT2D eigenvalue weighted by Gasteiger charge is 2.20. The molecular formula is C19H15FO2. The number of carbonyl (C=O) groups is 1. The van der Waals surface area contributed by atoms with Crippen molar-refractivity contribution < 1.29 is 14.3 Å². The summed E-state index contributed by atoms with van der Waals surface area (Å²) in [6, 6.07) is 12.6. The smallest absolute Gasteiger partial charge is 0.307 e. The van der Waals surface area contributed by atoms with Gasteiger partial charge < -0.3 is 5.11 Å². The molecule has 2 aromatic rings. The van der Waals surface area contributed by atoms with Gasteiger partial charge >= 0.3 is 5.97 Å². The highest BCUT2D eigenvalue weighted by Crippen LogP contribution is 2.38. The van der Waals surface area contributed by atoms with Crippen LogP contribution in [0.15, 0.2) is 48.5 Å². The molecule has 0 bridgehead atoms. The first-order valence-corrected chi connectivity index (χ1v) is 7.04. The minimum absolute atomic E-state index is 0.109. The maximum Gasteiger partial charge on any atom is 0.307 e. The van der Waals surface area contributed by atoms with Gasteiger partial charge in [-0.3, -0.25) is 4.79 Å². The quantitative estimate of drug-likeness (QED) is 0.902. The minimum Gasteiger partial charge on any atom is -0.481 e. The van der Waals surface area contributed by atoms with E-state index in [-0.39, 0.29) is 12.2 Å². The number of rotatable bonds is 3. The lowest BCUT2D eigenvalue weighted by atomic mass is 10.0. The monoisotopic (exact) mass is 294 g/mol. The van der Waals surface area contributed by atoms with Gasteiger partial charge in [0.25, 0.3) is 0 Å². The normalized spacial score (nSPS) is 14.8. The molecule has 0 saturated carbocycles. The summed E-state index contributed by atoms with van der Waals surface area (Å²) in [5.41, 5.74) is 5.30. The van der Waals surface area contributed by atoms with E-state index in [1.807, 2.05) is 43.3 Å². The molecule has 110 valence electrons. The van der Waals surface area contributed by atoms with Crippen molar-refractivity contribution in [2.24, 2.45) is 0 Å². The van der Waals surface area contributed by atoms with Crippen molar-refractivity contribution in [2.75, 3.05) is 0 Å². The second kappa shape index (κ2) is 5.60. The van der Waals surface area contributed by atoms with Crippen molar-refractivity contribution in [2.45, 2.75) is 13.3 Å². The van der Waals surface area contributed by atoms with E-state index in [9.17, 15) is 9.18 Å². The maximum atomic E-state index is 13.5. The molecule has 1 N–H and O–H groups in total. The molecule has 1 aliphatic carbocycles. The van der Waals surface area contributed by atoms with Crippen LogP contribution in [0.5, 0.6) is 0 Å². The van der Waals surface area contributed by atoms with Crippen LogP contribution in [0.1, 0.15) is 28.7 Å². The number of carboxylic acids is 1. The number of halogens is 1. The van der Waals surface area contributed by atoms with Crippen LogP contribution < -0.4 is 0 Å². The number of hydrogen-bond acceptors (Lipinski definition) is 1. The summed E-state index contributed by atoms with van der Waals surface area (Å²) in [7, 11) is 0. The third kappa shape index (κ3) is 2.84. The molecule has 0 spiro atoms. The molecule has 0 fully saturated rings. The highest BCUT2D eigenvalue weighted by molar-refractivity contribution is 6.04. The fraction of sp³-hybridized carbons (Fsp3) is 0.105. The molecule has 2 nitrogen and oxygen atoms in total. The van der Waals surface area contributed by atoms with Crippen LogP contribution in [0.25, 0.3) is 17.2 Å². The van der Waals surface area contributed by atoms with Gasteiger partial charge in [-0.2, -0.15) is 0 Å². The summed E-state index contributed by atoms with van der Waals surface area (Å²) >= 11 is 0. The van der Waals surface area contributed by atoms with Crippen molar-refractivity contribution in [1.82, 2.24) is 0 Å².